The fourth-order valence-corrected chi connectivity index (χ4v) is 1.11. The molecule has 0 aromatic carbocycles. The van der Waals surface area contributed by atoms with Crippen molar-refractivity contribution < 1.29 is 30.3 Å². The lowest BCUT2D eigenvalue weighted by atomic mass is 10.1. The molecule has 0 bridgehead atoms. The first-order valence-electron chi connectivity index (χ1n) is 3.56. The van der Waals surface area contributed by atoms with Crippen molar-refractivity contribution in [2.75, 3.05) is 6.61 Å². The van der Waals surface area contributed by atoms with Crippen LogP contribution in [0.25, 0.3) is 0 Å². The van der Waals surface area contributed by atoms with Gasteiger partial charge in [-0.1, -0.05) is 0 Å². The second kappa shape index (κ2) is 3.65. The second-order valence-electron chi connectivity index (χ2n) is 2.72. The van der Waals surface area contributed by atoms with Crippen LogP contribution in [0.4, 0.5) is 0 Å². The zero-order chi connectivity index (χ0) is 9.30. The minimum atomic E-state index is -1.51. The predicted octanol–water partition coefficient (Wildman–Crippen LogP) is -3.22. The van der Waals surface area contributed by atoms with Gasteiger partial charge in [0.1, 0.15) is 24.4 Å². The number of rotatable bonds is 2. The van der Waals surface area contributed by atoms with Gasteiger partial charge in [-0.3, -0.25) is 0 Å². The Kier molecular flexibility index (Phi) is 2.99. The van der Waals surface area contributed by atoms with Gasteiger partial charge in [0.15, 0.2) is 6.29 Å². The molecule has 0 aromatic heterocycles. The average molecular weight is 180 g/mol. The third-order valence-corrected chi connectivity index (χ3v) is 1.84. The Morgan fingerprint density at radius 3 is 2.08 bits per heavy atom. The Bertz CT molecular complexity index is 151. The van der Waals surface area contributed by atoms with Crippen LogP contribution in [0.1, 0.15) is 0 Å². The van der Waals surface area contributed by atoms with Gasteiger partial charge < -0.3 is 30.3 Å². The molecule has 0 amide bonds. The minimum absolute atomic E-state index is 0.596. The first kappa shape index (κ1) is 9.85. The molecule has 72 valence electrons. The molecule has 1 fully saturated rings. The predicted molar refractivity (Wildman–Crippen MR) is 36.0 cm³/mol. The SMILES string of the molecule is OC[C@@H](O)[C@H]1O[C@@H](O)[C@H](O)[C@H]1O. The molecule has 6 heteroatoms. The molecular weight excluding hydrogens is 168 g/mol. The maximum atomic E-state index is 9.12. The van der Waals surface area contributed by atoms with Gasteiger partial charge in [-0.05, 0) is 0 Å². The fraction of sp³-hybridized carbons (Fsp3) is 1.00. The number of aliphatic hydroxyl groups is 5. The van der Waals surface area contributed by atoms with Crippen LogP contribution < -0.4 is 0 Å². The van der Waals surface area contributed by atoms with E-state index in [1.165, 1.54) is 0 Å². The summed E-state index contributed by atoms with van der Waals surface area (Å²) in [6.45, 7) is -0.596. The van der Waals surface area contributed by atoms with E-state index in [2.05, 4.69) is 4.74 Å². The van der Waals surface area contributed by atoms with Crippen molar-refractivity contribution in [2.24, 2.45) is 0 Å². The van der Waals surface area contributed by atoms with E-state index in [1.807, 2.05) is 0 Å². The first-order valence-corrected chi connectivity index (χ1v) is 3.56. The molecule has 0 unspecified atom stereocenters. The van der Waals surface area contributed by atoms with E-state index in [1.54, 1.807) is 0 Å². The molecule has 1 saturated heterocycles. The molecular formula is C6H12O6. The molecule has 1 rings (SSSR count). The highest BCUT2D eigenvalue weighted by Gasteiger charge is 2.44. The molecule has 0 saturated carbocycles. The van der Waals surface area contributed by atoms with Gasteiger partial charge in [-0.15, -0.1) is 0 Å². The van der Waals surface area contributed by atoms with Gasteiger partial charge in [-0.25, -0.2) is 0 Å². The fourth-order valence-electron chi connectivity index (χ4n) is 1.11. The molecule has 0 aliphatic carbocycles. The van der Waals surface area contributed by atoms with Gasteiger partial charge in [0.25, 0.3) is 0 Å². The lowest BCUT2D eigenvalue weighted by Gasteiger charge is -2.18. The van der Waals surface area contributed by atoms with E-state index in [-0.39, 0.29) is 0 Å². The summed E-state index contributed by atoms with van der Waals surface area (Å²) in [7, 11) is 0. The lowest BCUT2D eigenvalue weighted by Crippen LogP contribution is -2.40. The van der Waals surface area contributed by atoms with E-state index >= 15 is 0 Å². The minimum Gasteiger partial charge on any atom is -0.394 e. The lowest BCUT2D eigenvalue weighted by molar-refractivity contribution is -0.150. The highest BCUT2D eigenvalue weighted by Crippen LogP contribution is 2.21. The Balaban J connectivity index is 2.58. The van der Waals surface area contributed by atoms with Crippen molar-refractivity contribution in [3.63, 3.8) is 0 Å². The molecule has 1 aliphatic heterocycles. The van der Waals surface area contributed by atoms with Crippen LogP contribution in [0.5, 0.6) is 0 Å². The highest BCUT2D eigenvalue weighted by atomic mass is 16.6. The first-order chi connectivity index (χ1) is 5.57. The van der Waals surface area contributed by atoms with Crippen molar-refractivity contribution in [2.45, 2.75) is 30.7 Å². The quantitative estimate of drug-likeness (QED) is 0.306. The van der Waals surface area contributed by atoms with Crippen LogP contribution in [0.15, 0.2) is 0 Å². The van der Waals surface area contributed by atoms with Crippen LogP contribution in [0, 0.1) is 0 Å². The van der Waals surface area contributed by atoms with Gasteiger partial charge in [-0.2, -0.15) is 0 Å². The van der Waals surface area contributed by atoms with E-state index in [0.717, 1.165) is 0 Å². The molecule has 6 nitrogen and oxygen atoms in total. The number of aliphatic hydroxyl groups excluding tert-OH is 5. The Hall–Kier alpha value is -0.240. The average Bonchev–Trinajstić information content (AvgIpc) is 2.32. The molecule has 0 spiro atoms. The number of hydrogen-bond donors (Lipinski definition) is 5. The molecule has 0 aromatic rings. The summed E-state index contributed by atoms with van der Waals surface area (Å²) in [5, 5.41) is 44.4. The number of hydrogen-bond acceptors (Lipinski definition) is 6. The molecule has 1 heterocycles. The Labute approximate surface area is 68.6 Å². The van der Waals surface area contributed by atoms with Crippen molar-refractivity contribution in [3.8, 4) is 0 Å². The highest BCUT2D eigenvalue weighted by molar-refractivity contribution is 4.89. The summed E-state index contributed by atoms with van der Waals surface area (Å²) >= 11 is 0. The van der Waals surface area contributed by atoms with Crippen LogP contribution in [-0.2, 0) is 4.74 Å². The van der Waals surface area contributed by atoms with Crippen LogP contribution in [0.3, 0.4) is 0 Å². The molecule has 0 radical (unpaired) electrons. The Morgan fingerprint density at radius 1 is 1.17 bits per heavy atom. The smallest absolute Gasteiger partial charge is 0.184 e. The molecule has 5 N–H and O–H groups in total. The van der Waals surface area contributed by atoms with E-state index < -0.39 is 37.3 Å². The van der Waals surface area contributed by atoms with Gasteiger partial charge in [0, 0.05) is 0 Å². The summed E-state index contributed by atoms with van der Waals surface area (Å²) in [6, 6.07) is 0. The summed E-state index contributed by atoms with van der Waals surface area (Å²) in [5.41, 5.74) is 0. The third-order valence-electron chi connectivity index (χ3n) is 1.84. The third kappa shape index (κ3) is 1.58. The summed E-state index contributed by atoms with van der Waals surface area (Å²) < 4.78 is 4.58. The maximum Gasteiger partial charge on any atom is 0.184 e. The van der Waals surface area contributed by atoms with Gasteiger partial charge >= 0.3 is 0 Å². The standard InChI is InChI=1S/C6H12O6/c7-1-2(8)5-3(9)4(10)6(11)12-5/h2-11H,1H2/t2-,3-,4-,5-,6-/m1/s1. The van der Waals surface area contributed by atoms with E-state index in [9.17, 15) is 0 Å². The molecule has 1 aliphatic rings. The van der Waals surface area contributed by atoms with Crippen LogP contribution >= 0.6 is 0 Å². The van der Waals surface area contributed by atoms with E-state index in [0.29, 0.717) is 0 Å². The number of ether oxygens (including phenoxy) is 1. The van der Waals surface area contributed by atoms with Crippen molar-refractivity contribution >= 4 is 0 Å². The summed E-state index contributed by atoms with van der Waals surface area (Å²) in [4.78, 5) is 0. The zero-order valence-electron chi connectivity index (χ0n) is 6.24. The molecule has 5 atom stereocenters. The zero-order valence-corrected chi connectivity index (χ0v) is 6.24. The summed E-state index contributed by atoms with van der Waals surface area (Å²) in [5.74, 6) is 0. The molecule has 12 heavy (non-hydrogen) atoms. The topological polar surface area (TPSA) is 110 Å². The van der Waals surface area contributed by atoms with Gasteiger partial charge in [0.2, 0.25) is 0 Å². The largest absolute Gasteiger partial charge is 0.394 e. The van der Waals surface area contributed by atoms with Crippen LogP contribution in [0.2, 0.25) is 0 Å². The van der Waals surface area contributed by atoms with E-state index in [4.69, 9.17) is 25.5 Å². The second-order valence-corrected chi connectivity index (χ2v) is 2.72. The van der Waals surface area contributed by atoms with Crippen LogP contribution in [-0.4, -0.2) is 62.8 Å². The maximum absolute atomic E-state index is 9.12. The van der Waals surface area contributed by atoms with Crippen molar-refractivity contribution in [3.05, 3.63) is 0 Å². The monoisotopic (exact) mass is 180 g/mol. The van der Waals surface area contributed by atoms with Crippen molar-refractivity contribution in [1.29, 1.82) is 0 Å². The Morgan fingerprint density at radius 2 is 1.75 bits per heavy atom. The normalized spacial score (nSPS) is 44.8. The van der Waals surface area contributed by atoms with Crippen molar-refractivity contribution in [1.82, 2.24) is 0 Å². The summed E-state index contributed by atoms with van der Waals surface area (Å²) in [6.07, 6.45) is -6.75. The van der Waals surface area contributed by atoms with Gasteiger partial charge in [0.05, 0.1) is 6.61 Å².